The van der Waals surface area contributed by atoms with Gasteiger partial charge in [0.2, 0.25) is 0 Å². The van der Waals surface area contributed by atoms with E-state index in [1.54, 1.807) is 0 Å². The molecule has 1 nitrogen and oxygen atoms in total. The van der Waals surface area contributed by atoms with Crippen LogP contribution in [-0.2, 0) is 24.3 Å². The van der Waals surface area contributed by atoms with Crippen molar-refractivity contribution in [2.75, 3.05) is 0 Å². The van der Waals surface area contributed by atoms with E-state index in [4.69, 9.17) is 15.5 Å². The zero-order chi connectivity index (χ0) is 3.41. The van der Waals surface area contributed by atoms with Crippen molar-refractivity contribution in [2.24, 2.45) is 0 Å². The summed E-state index contributed by atoms with van der Waals surface area (Å²) < 4.78 is 0. The molecule has 26 valence electrons. The molecule has 4 heteroatoms. The molecule has 0 aromatic heterocycles. The van der Waals surface area contributed by atoms with Crippen LogP contribution in [-0.4, -0.2) is 5.62 Å². The van der Waals surface area contributed by atoms with Crippen LogP contribution in [0.5, 0.6) is 0 Å². The SMILES string of the molecule is O=CSCl.[Zn]. The number of halogens is 1. The van der Waals surface area contributed by atoms with E-state index in [0.717, 1.165) is 0 Å². The zero-order valence-corrected chi connectivity index (χ0v) is 7.02. The van der Waals surface area contributed by atoms with E-state index in [9.17, 15) is 0 Å². The Balaban J connectivity index is 0. The van der Waals surface area contributed by atoms with Crippen LogP contribution >= 0.6 is 21.7 Å². The van der Waals surface area contributed by atoms with Crippen LogP contribution in [0.1, 0.15) is 0 Å². The minimum atomic E-state index is 0. The standard InChI is InChI=1S/CHClOS.Zn/c2-4-1-3;/h1H;. The van der Waals surface area contributed by atoms with E-state index >= 15 is 0 Å². The normalized spacial score (nSPS) is 5.00. The molecule has 0 rings (SSSR count). The monoisotopic (exact) mass is 160 g/mol. The second kappa shape index (κ2) is 8.87. The van der Waals surface area contributed by atoms with Crippen molar-refractivity contribution in [3.05, 3.63) is 0 Å². The van der Waals surface area contributed by atoms with E-state index in [1.807, 2.05) is 0 Å². The molecule has 0 heterocycles. The van der Waals surface area contributed by atoms with Gasteiger partial charge < -0.3 is 0 Å². The molecule has 0 unspecified atom stereocenters. The Hall–Kier alpha value is 0.933. The van der Waals surface area contributed by atoms with Gasteiger partial charge in [-0.15, -0.1) is 0 Å². The molecule has 0 aromatic carbocycles. The first-order valence-electron chi connectivity index (χ1n) is 0.626. The van der Waals surface area contributed by atoms with Crippen LogP contribution in [0.25, 0.3) is 0 Å². The van der Waals surface area contributed by atoms with Gasteiger partial charge in [0.25, 0.3) is 0 Å². The summed E-state index contributed by atoms with van der Waals surface area (Å²) >= 11 is 0. The van der Waals surface area contributed by atoms with Gasteiger partial charge in [-0.3, -0.25) is 4.79 Å². The molecule has 0 N–H and O–H groups in total. The Morgan fingerprint density at radius 1 is 1.80 bits per heavy atom. The predicted molar refractivity (Wildman–Crippen MR) is 20.2 cm³/mol. The van der Waals surface area contributed by atoms with Gasteiger partial charge in [0.05, 0.1) is 0 Å². The van der Waals surface area contributed by atoms with Crippen molar-refractivity contribution >= 4 is 27.3 Å². The van der Waals surface area contributed by atoms with Gasteiger partial charge in [-0.05, 0) is 10.7 Å². The van der Waals surface area contributed by atoms with Crippen molar-refractivity contribution in [3.8, 4) is 0 Å². The summed E-state index contributed by atoms with van der Waals surface area (Å²) in [5, 5.41) is 0. The molecule has 0 aliphatic rings. The van der Waals surface area contributed by atoms with Crippen molar-refractivity contribution in [1.82, 2.24) is 0 Å². The summed E-state index contributed by atoms with van der Waals surface area (Å²) in [6.07, 6.45) is 0. The number of carbonyl (C=O) groups excluding carboxylic acids is 1. The average Bonchev–Trinajstić information content (AvgIpc) is 1.37. The number of rotatable bonds is 1. The second-order valence-corrected chi connectivity index (χ2v) is 1.09. The molecular formula is CHClOSZn. The van der Waals surface area contributed by atoms with Crippen LogP contribution < -0.4 is 0 Å². The van der Waals surface area contributed by atoms with E-state index < -0.39 is 0 Å². The minimum absolute atomic E-state index is 0. The molecule has 0 amide bonds. The fourth-order valence-electron chi connectivity index (χ4n) is 0. The zero-order valence-electron chi connectivity index (χ0n) is 2.48. The largest absolute Gasteiger partial charge is 0.290 e. The van der Waals surface area contributed by atoms with Crippen LogP contribution in [0.4, 0.5) is 0 Å². The third-order valence-electron chi connectivity index (χ3n) is 0.0364. The van der Waals surface area contributed by atoms with Gasteiger partial charge in [0.15, 0.2) is 5.62 Å². The van der Waals surface area contributed by atoms with Crippen LogP contribution in [0.2, 0.25) is 0 Å². The molecule has 0 saturated heterocycles. The summed E-state index contributed by atoms with van der Waals surface area (Å²) in [5.74, 6) is 0. The molecule has 0 spiro atoms. The van der Waals surface area contributed by atoms with Gasteiger partial charge in [-0.25, -0.2) is 0 Å². The topological polar surface area (TPSA) is 17.1 Å². The number of hydrogen-bond donors (Lipinski definition) is 0. The summed E-state index contributed by atoms with van der Waals surface area (Å²) in [6.45, 7) is 0. The first-order chi connectivity index (χ1) is 1.91. The first-order valence-corrected chi connectivity index (χ1v) is 2.33. The van der Waals surface area contributed by atoms with Crippen molar-refractivity contribution < 1.29 is 24.3 Å². The number of hydrogen-bond acceptors (Lipinski definition) is 2. The van der Waals surface area contributed by atoms with E-state index in [1.165, 1.54) is 0 Å². The van der Waals surface area contributed by atoms with Gasteiger partial charge in [-0.2, -0.15) is 0 Å². The van der Waals surface area contributed by atoms with Crippen LogP contribution in [0, 0.1) is 0 Å². The summed E-state index contributed by atoms with van der Waals surface area (Å²) in [5.41, 5.74) is 0.557. The van der Waals surface area contributed by atoms with Crippen LogP contribution in [0.3, 0.4) is 0 Å². The molecule has 0 bridgehead atoms. The maximum atomic E-state index is 9.00. The van der Waals surface area contributed by atoms with Gasteiger partial charge in [0.1, 0.15) is 0 Å². The molecular weight excluding hydrogens is 161 g/mol. The third kappa shape index (κ3) is 11.4. The second-order valence-electron chi connectivity index (χ2n) is 0.185. The Kier molecular flexibility index (Phi) is 16.6. The summed E-state index contributed by atoms with van der Waals surface area (Å²) in [4.78, 5) is 9.00. The van der Waals surface area contributed by atoms with Crippen molar-refractivity contribution in [3.63, 3.8) is 0 Å². The Labute approximate surface area is 51.7 Å². The minimum Gasteiger partial charge on any atom is -0.290 e. The van der Waals surface area contributed by atoms with E-state index in [2.05, 4.69) is 0 Å². The molecule has 0 radical (unpaired) electrons. The fourth-order valence-corrected chi connectivity index (χ4v) is 0. The van der Waals surface area contributed by atoms with Gasteiger partial charge in [0, 0.05) is 30.5 Å². The Morgan fingerprint density at radius 2 is 2.00 bits per heavy atom. The quantitative estimate of drug-likeness (QED) is 0.423. The molecule has 0 saturated carbocycles. The molecule has 0 fully saturated rings. The van der Waals surface area contributed by atoms with Crippen molar-refractivity contribution in [1.29, 1.82) is 0 Å². The number of carbonyl (C=O) groups is 1. The summed E-state index contributed by atoms with van der Waals surface area (Å²) in [6, 6.07) is 0. The molecule has 5 heavy (non-hydrogen) atoms. The fraction of sp³-hybridized carbons (Fsp3) is 0. The van der Waals surface area contributed by atoms with Gasteiger partial charge >= 0.3 is 0 Å². The molecule has 0 aliphatic carbocycles. The maximum absolute atomic E-state index is 9.00. The molecule has 0 atom stereocenters. The Morgan fingerprint density at radius 3 is 2.00 bits per heavy atom. The van der Waals surface area contributed by atoms with Gasteiger partial charge in [-0.1, -0.05) is 0 Å². The first kappa shape index (κ1) is 9.33. The third-order valence-corrected chi connectivity index (χ3v) is 0.327. The smallest absolute Gasteiger partial charge is 0.191 e. The van der Waals surface area contributed by atoms with E-state index in [0.29, 0.717) is 16.6 Å². The van der Waals surface area contributed by atoms with E-state index in [-0.39, 0.29) is 19.5 Å². The van der Waals surface area contributed by atoms with Crippen LogP contribution in [0.15, 0.2) is 0 Å². The molecule has 0 aromatic rings. The maximum Gasteiger partial charge on any atom is 0.191 e. The van der Waals surface area contributed by atoms with Crippen molar-refractivity contribution in [2.45, 2.75) is 0 Å². The Bertz CT molecular complexity index is 25.6. The predicted octanol–water partition coefficient (Wildman–Crippen LogP) is 1.06. The summed E-state index contributed by atoms with van der Waals surface area (Å²) in [7, 11) is 5.38. The molecule has 0 aliphatic heterocycles. The average molecular weight is 162 g/mol.